The van der Waals surface area contributed by atoms with Gasteiger partial charge in [0.15, 0.2) is 0 Å². The lowest BCUT2D eigenvalue weighted by Crippen LogP contribution is -2.35. The second-order valence-corrected chi connectivity index (χ2v) is 5.26. The average Bonchev–Trinajstić information content (AvgIpc) is 2.85. The van der Waals surface area contributed by atoms with Crippen molar-refractivity contribution in [2.24, 2.45) is 0 Å². The lowest BCUT2D eigenvalue weighted by molar-refractivity contribution is 0.164. The number of nitrogens with zero attached hydrogens (tertiary/aromatic N) is 2. The fourth-order valence-electron chi connectivity index (χ4n) is 3.00. The minimum Gasteiger partial charge on any atom is -0.447 e. The quantitative estimate of drug-likeness (QED) is 0.765. The molecule has 2 saturated heterocycles. The van der Waals surface area contributed by atoms with Crippen LogP contribution in [0.2, 0.25) is 0 Å². The summed E-state index contributed by atoms with van der Waals surface area (Å²) in [6.07, 6.45) is 8.51. The molecule has 0 saturated carbocycles. The van der Waals surface area contributed by atoms with Crippen molar-refractivity contribution < 1.29 is 9.53 Å². The molecule has 0 radical (unpaired) electrons. The van der Waals surface area contributed by atoms with Crippen LogP contribution in [0.5, 0.6) is 0 Å². The first-order valence-electron chi connectivity index (χ1n) is 7.05. The van der Waals surface area contributed by atoms with Crippen LogP contribution in [0.4, 0.5) is 4.79 Å². The summed E-state index contributed by atoms with van der Waals surface area (Å²) in [6.45, 7) is 7.44. The van der Waals surface area contributed by atoms with Gasteiger partial charge in [0.1, 0.15) is 6.61 Å². The average molecular weight is 260 g/mol. The number of allylic oxidation sites excluding steroid dienone is 3. The first kappa shape index (κ1) is 12.3. The molecule has 0 atom stereocenters. The molecule has 0 aromatic heterocycles. The summed E-state index contributed by atoms with van der Waals surface area (Å²) in [5.74, 6) is 0. The SMILES string of the molecule is C=C1CC=CC(N2CCOC2=O)=C1N1CCCCC1. The minimum absolute atomic E-state index is 0.233. The van der Waals surface area contributed by atoms with Crippen LogP contribution in [0.25, 0.3) is 0 Å². The van der Waals surface area contributed by atoms with Crippen molar-refractivity contribution in [3.63, 3.8) is 0 Å². The summed E-state index contributed by atoms with van der Waals surface area (Å²) in [7, 11) is 0. The van der Waals surface area contributed by atoms with Gasteiger partial charge in [0.25, 0.3) is 0 Å². The van der Waals surface area contributed by atoms with E-state index in [1.54, 1.807) is 4.90 Å². The number of carbonyl (C=O) groups is 1. The number of ether oxygens (including phenoxy) is 1. The molecule has 0 unspecified atom stereocenters. The number of cyclic esters (lactones) is 1. The molecule has 3 rings (SSSR count). The van der Waals surface area contributed by atoms with Gasteiger partial charge in [-0.1, -0.05) is 12.7 Å². The molecule has 0 bridgehead atoms. The first-order chi connectivity index (χ1) is 9.27. The molecular formula is C15H20N2O2. The maximum Gasteiger partial charge on any atom is 0.414 e. The van der Waals surface area contributed by atoms with Crippen LogP contribution in [0.3, 0.4) is 0 Å². The molecule has 1 aliphatic carbocycles. The van der Waals surface area contributed by atoms with Crippen LogP contribution in [0.1, 0.15) is 25.7 Å². The van der Waals surface area contributed by atoms with Crippen molar-refractivity contribution in [3.05, 3.63) is 35.7 Å². The van der Waals surface area contributed by atoms with Crippen molar-refractivity contribution in [3.8, 4) is 0 Å². The number of amides is 1. The van der Waals surface area contributed by atoms with Crippen molar-refractivity contribution in [2.75, 3.05) is 26.2 Å². The van der Waals surface area contributed by atoms with Crippen LogP contribution < -0.4 is 0 Å². The first-order valence-corrected chi connectivity index (χ1v) is 7.05. The Morgan fingerprint density at radius 3 is 2.63 bits per heavy atom. The predicted octanol–water partition coefficient (Wildman–Crippen LogP) is 2.65. The number of likely N-dealkylation sites (tertiary alicyclic amines) is 1. The second-order valence-electron chi connectivity index (χ2n) is 5.26. The molecule has 102 valence electrons. The maximum absolute atomic E-state index is 11.8. The maximum atomic E-state index is 11.8. The van der Waals surface area contributed by atoms with Crippen molar-refractivity contribution >= 4 is 6.09 Å². The topological polar surface area (TPSA) is 32.8 Å². The lowest BCUT2D eigenvalue weighted by Gasteiger charge is -2.36. The van der Waals surface area contributed by atoms with E-state index in [1.165, 1.54) is 19.3 Å². The van der Waals surface area contributed by atoms with Gasteiger partial charge in [0.2, 0.25) is 0 Å². The van der Waals surface area contributed by atoms with E-state index in [0.29, 0.717) is 13.2 Å². The van der Waals surface area contributed by atoms with Crippen LogP contribution in [0.15, 0.2) is 35.7 Å². The zero-order chi connectivity index (χ0) is 13.2. The highest BCUT2D eigenvalue weighted by Gasteiger charge is 2.30. The number of carbonyl (C=O) groups excluding carboxylic acids is 1. The molecule has 0 N–H and O–H groups in total. The standard InChI is InChI=1S/C15H20N2O2/c1-12-6-5-7-13(17-10-11-19-15(17)18)14(12)16-8-3-2-4-9-16/h5,7H,1-4,6,8-11H2. The molecule has 0 aromatic rings. The zero-order valence-electron chi connectivity index (χ0n) is 11.2. The predicted molar refractivity (Wildman–Crippen MR) is 73.4 cm³/mol. The molecule has 3 aliphatic rings. The largest absolute Gasteiger partial charge is 0.447 e. The van der Waals surface area contributed by atoms with E-state index in [9.17, 15) is 4.79 Å². The summed E-state index contributed by atoms with van der Waals surface area (Å²) < 4.78 is 5.06. The number of hydrogen-bond donors (Lipinski definition) is 0. The Morgan fingerprint density at radius 1 is 1.16 bits per heavy atom. The Hall–Kier alpha value is -1.71. The van der Waals surface area contributed by atoms with Gasteiger partial charge in [0, 0.05) is 13.1 Å². The van der Waals surface area contributed by atoms with E-state index in [0.717, 1.165) is 36.5 Å². The van der Waals surface area contributed by atoms with Gasteiger partial charge in [-0.25, -0.2) is 4.79 Å². The number of rotatable bonds is 2. The molecule has 1 amide bonds. The fraction of sp³-hybridized carbons (Fsp3) is 0.533. The molecule has 0 spiro atoms. The summed E-state index contributed by atoms with van der Waals surface area (Å²) in [4.78, 5) is 15.9. The van der Waals surface area contributed by atoms with Crippen LogP contribution in [-0.2, 0) is 4.74 Å². The Balaban J connectivity index is 1.96. The van der Waals surface area contributed by atoms with Gasteiger partial charge in [0.05, 0.1) is 17.9 Å². The molecule has 2 heterocycles. The van der Waals surface area contributed by atoms with E-state index in [4.69, 9.17) is 4.74 Å². The minimum atomic E-state index is -0.233. The van der Waals surface area contributed by atoms with Gasteiger partial charge in [-0.05, 0) is 37.3 Å². The summed E-state index contributed by atoms with van der Waals surface area (Å²) >= 11 is 0. The van der Waals surface area contributed by atoms with Crippen molar-refractivity contribution in [1.82, 2.24) is 9.80 Å². The highest BCUT2D eigenvalue weighted by Crippen LogP contribution is 2.31. The monoisotopic (exact) mass is 260 g/mol. The second kappa shape index (κ2) is 5.11. The zero-order valence-corrected chi connectivity index (χ0v) is 11.2. The highest BCUT2D eigenvalue weighted by molar-refractivity contribution is 5.73. The third-order valence-electron chi connectivity index (χ3n) is 3.94. The van der Waals surface area contributed by atoms with Gasteiger partial charge >= 0.3 is 6.09 Å². The Morgan fingerprint density at radius 2 is 1.95 bits per heavy atom. The molecule has 0 aromatic carbocycles. The van der Waals surface area contributed by atoms with Gasteiger partial charge in [-0.2, -0.15) is 0 Å². The smallest absolute Gasteiger partial charge is 0.414 e. The summed E-state index contributed by atoms with van der Waals surface area (Å²) in [5, 5.41) is 0. The lowest BCUT2D eigenvalue weighted by atomic mass is 9.99. The van der Waals surface area contributed by atoms with Crippen LogP contribution in [-0.4, -0.2) is 42.1 Å². The Kier molecular flexibility index (Phi) is 3.32. The van der Waals surface area contributed by atoms with E-state index in [-0.39, 0.29) is 6.09 Å². The van der Waals surface area contributed by atoms with Gasteiger partial charge in [-0.15, -0.1) is 0 Å². The highest BCUT2D eigenvalue weighted by atomic mass is 16.6. The molecule has 2 aliphatic heterocycles. The normalized spacial score (nSPS) is 24.2. The Labute approximate surface area is 114 Å². The van der Waals surface area contributed by atoms with Crippen LogP contribution in [0, 0.1) is 0 Å². The van der Waals surface area contributed by atoms with E-state index in [2.05, 4.69) is 17.6 Å². The number of hydrogen-bond acceptors (Lipinski definition) is 3. The van der Waals surface area contributed by atoms with Crippen molar-refractivity contribution in [2.45, 2.75) is 25.7 Å². The van der Waals surface area contributed by atoms with E-state index < -0.39 is 0 Å². The number of piperidine rings is 1. The van der Waals surface area contributed by atoms with E-state index in [1.807, 2.05) is 6.08 Å². The molecule has 19 heavy (non-hydrogen) atoms. The molecule has 2 fully saturated rings. The summed E-state index contributed by atoms with van der Waals surface area (Å²) in [6, 6.07) is 0. The third-order valence-corrected chi connectivity index (χ3v) is 3.94. The molecular weight excluding hydrogens is 240 g/mol. The fourth-order valence-corrected chi connectivity index (χ4v) is 3.00. The Bertz CT molecular complexity index is 459. The van der Waals surface area contributed by atoms with Crippen LogP contribution >= 0.6 is 0 Å². The van der Waals surface area contributed by atoms with E-state index >= 15 is 0 Å². The van der Waals surface area contributed by atoms with Crippen molar-refractivity contribution in [1.29, 1.82) is 0 Å². The molecule has 4 heteroatoms. The van der Waals surface area contributed by atoms with Gasteiger partial charge in [-0.3, -0.25) is 4.90 Å². The molecule has 4 nitrogen and oxygen atoms in total. The third kappa shape index (κ3) is 2.27. The summed E-state index contributed by atoms with van der Waals surface area (Å²) in [5.41, 5.74) is 3.24. The van der Waals surface area contributed by atoms with Gasteiger partial charge < -0.3 is 9.64 Å².